The highest BCUT2D eigenvalue weighted by atomic mass is 35.5. The van der Waals surface area contributed by atoms with Gasteiger partial charge < -0.3 is 22.3 Å². The summed E-state index contributed by atoms with van der Waals surface area (Å²) in [6.45, 7) is 5.80. The predicted octanol–water partition coefficient (Wildman–Crippen LogP) is 4.10. The largest absolute Gasteiger partial charge is 0.740 e. The lowest BCUT2D eigenvalue weighted by molar-refractivity contribution is -0.153. The van der Waals surface area contributed by atoms with Crippen molar-refractivity contribution in [2.45, 2.75) is 64.8 Å². The Kier molecular flexibility index (Phi) is 7.03. The zero-order valence-electron chi connectivity index (χ0n) is 16.2. The molecule has 1 saturated heterocycles. The highest BCUT2D eigenvalue weighted by Gasteiger charge is 2.47. The Hall–Kier alpha value is -1.46. The SMILES string of the molecule is CCC(C)(C)C(=O)C(=O)N1CCCC1(CCCc1ccccc1Cl)C(=O)[S-]. The number of rotatable bonds is 8. The third-order valence-corrected chi connectivity index (χ3v) is 6.55. The van der Waals surface area contributed by atoms with E-state index in [1.165, 1.54) is 4.90 Å². The molecule has 27 heavy (non-hydrogen) atoms. The van der Waals surface area contributed by atoms with E-state index in [9.17, 15) is 14.4 Å². The van der Waals surface area contributed by atoms with Crippen molar-refractivity contribution in [3.8, 4) is 0 Å². The second-order valence-electron chi connectivity index (χ2n) is 7.89. The molecule has 4 nitrogen and oxygen atoms in total. The number of nitrogens with zero attached hydrogens (tertiary/aromatic N) is 1. The maximum atomic E-state index is 12.9. The van der Waals surface area contributed by atoms with Gasteiger partial charge in [0.25, 0.3) is 5.91 Å². The predicted molar refractivity (Wildman–Crippen MR) is 110 cm³/mol. The fraction of sp³-hybridized carbons (Fsp3) is 0.571. The molecule has 1 unspecified atom stereocenters. The summed E-state index contributed by atoms with van der Waals surface area (Å²) in [5.41, 5.74) is -0.786. The molecular weight excluding hydrogens is 382 g/mol. The molecule has 1 aromatic carbocycles. The van der Waals surface area contributed by atoms with Gasteiger partial charge in [-0.2, -0.15) is 0 Å². The quantitative estimate of drug-likeness (QED) is 0.480. The molecule has 1 aliphatic rings. The summed E-state index contributed by atoms with van der Waals surface area (Å²) in [6, 6.07) is 7.59. The van der Waals surface area contributed by atoms with E-state index in [1.54, 1.807) is 13.8 Å². The summed E-state index contributed by atoms with van der Waals surface area (Å²) in [4.78, 5) is 39.5. The molecule has 1 atom stereocenters. The normalized spacial score (nSPS) is 19.9. The summed E-state index contributed by atoms with van der Waals surface area (Å²) in [5, 5.41) is 0.241. The van der Waals surface area contributed by atoms with Crippen molar-refractivity contribution >= 4 is 41.0 Å². The van der Waals surface area contributed by atoms with Crippen LogP contribution in [-0.4, -0.2) is 33.8 Å². The van der Waals surface area contributed by atoms with Crippen LogP contribution in [0.15, 0.2) is 24.3 Å². The monoisotopic (exact) mass is 408 g/mol. The molecular formula is C21H27ClNO3S-. The van der Waals surface area contributed by atoms with E-state index in [0.717, 1.165) is 5.56 Å². The van der Waals surface area contributed by atoms with Crippen molar-refractivity contribution in [1.82, 2.24) is 4.90 Å². The number of amides is 1. The molecule has 0 N–H and O–H groups in total. The van der Waals surface area contributed by atoms with Crippen LogP contribution in [0.2, 0.25) is 5.02 Å². The Morgan fingerprint density at radius 3 is 2.52 bits per heavy atom. The van der Waals surface area contributed by atoms with Gasteiger partial charge in [0.1, 0.15) is 0 Å². The van der Waals surface area contributed by atoms with Crippen LogP contribution in [0.5, 0.6) is 0 Å². The van der Waals surface area contributed by atoms with Gasteiger partial charge in [-0.1, -0.05) is 50.6 Å². The van der Waals surface area contributed by atoms with Crippen LogP contribution in [0, 0.1) is 5.41 Å². The molecule has 0 bridgehead atoms. The fourth-order valence-electron chi connectivity index (χ4n) is 3.59. The maximum absolute atomic E-state index is 12.9. The summed E-state index contributed by atoms with van der Waals surface area (Å²) in [7, 11) is 0. The van der Waals surface area contributed by atoms with Crippen LogP contribution >= 0.6 is 11.6 Å². The second-order valence-corrected chi connectivity index (χ2v) is 8.67. The molecule has 1 aromatic rings. The van der Waals surface area contributed by atoms with Crippen molar-refractivity contribution in [3.63, 3.8) is 0 Å². The van der Waals surface area contributed by atoms with E-state index >= 15 is 0 Å². The van der Waals surface area contributed by atoms with Gasteiger partial charge in [-0.05, 0) is 50.2 Å². The molecule has 1 amide bonds. The first kappa shape index (κ1) is 21.8. The number of halogens is 1. The summed E-state index contributed by atoms with van der Waals surface area (Å²) < 4.78 is 0. The first-order valence-electron chi connectivity index (χ1n) is 9.47. The number of Topliss-reactive ketones (excluding diaryl/α,β-unsaturated/α-hetero) is 1. The van der Waals surface area contributed by atoms with E-state index in [0.29, 0.717) is 50.1 Å². The van der Waals surface area contributed by atoms with Crippen LogP contribution in [0.1, 0.15) is 58.4 Å². The number of hydrogen-bond acceptors (Lipinski definition) is 4. The minimum atomic E-state index is -1.05. The van der Waals surface area contributed by atoms with Gasteiger partial charge in [0, 0.05) is 22.1 Å². The van der Waals surface area contributed by atoms with E-state index in [-0.39, 0.29) is 0 Å². The molecule has 1 aliphatic heterocycles. The number of carbonyl (C=O) groups is 3. The molecule has 1 fully saturated rings. The molecule has 0 aromatic heterocycles. The van der Waals surface area contributed by atoms with Gasteiger partial charge in [0.15, 0.2) is 0 Å². The molecule has 0 aliphatic carbocycles. The molecule has 0 spiro atoms. The van der Waals surface area contributed by atoms with E-state index in [2.05, 4.69) is 0 Å². The third kappa shape index (κ3) is 4.52. The number of carbonyl (C=O) groups excluding carboxylic acids is 3. The average molecular weight is 409 g/mol. The van der Waals surface area contributed by atoms with E-state index in [1.807, 2.05) is 31.2 Å². The fourth-order valence-corrected chi connectivity index (χ4v) is 4.14. The Balaban J connectivity index is 2.18. The summed E-state index contributed by atoms with van der Waals surface area (Å²) >= 11 is 11.2. The minimum absolute atomic E-state index is 0.402. The maximum Gasteiger partial charge on any atom is 0.291 e. The van der Waals surface area contributed by atoms with Crippen molar-refractivity contribution < 1.29 is 14.4 Å². The van der Waals surface area contributed by atoms with Gasteiger partial charge in [0.05, 0.1) is 5.54 Å². The van der Waals surface area contributed by atoms with Crippen LogP contribution < -0.4 is 0 Å². The number of hydrogen-bond donors (Lipinski definition) is 0. The van der Waals surface area contributed by atoms with Gasteiger partial charge in [-0.3, -0.25) is 9.59 Å². The zero-order valence-corrected chi connectivity index (χ0v) is 17.8. The topological polar surface area (TPSA) is 54.5 Å². The highest BCUT2D eigenvalue weighted by molar-refractivity contribution is 7.77. The Labute approximate surface area is 172 Å². The van der Waals surface area contributed by atoms with Crippen molar-refractivity contribution in [2.24, 2.45) is 5.41 Å². The van der Waals surface area contributed by atoms with Crippen LogP contribution in [0.3, 0.4) is 0 Å². The van der Waals surface area contributed by atoms with E-state index in [4.69, 9.17) is 24.2 Å². The standard InChI is InChI=1S/C21H28ClNO3S/c1-4-20(2,3)17(24)18(25)23-14-8-13-21(23,19(26)27)12-7-10-15-9-5-6-11-16(15)22/h5-6,9,11H,4,7-8,10,12-14H2,1-3H3,(H,26,27)/p-1. The highest BCUT2D eigenvalue weighted by Crippen LogP contribution is 2.37. The molecule has 0 saturated carbocycles. The minimum Gasteiger partial charge on any atom is -0.740 e. The second kappa shape index (κ2) is 8.70. The van der Waals surface area contributed by atoms with Crippen molar-refractivity contribution in [2.75, 3.05) is 6.54 Å². The summed E-state index contributed by atoms with van der Waals surface area (Å²) in [6.07, 6.45) is 3.57. The summed E-state index contributed by atoms with van der Waals surface area (Å²) in [5.74, 6) is -1.02. The lowest BCUT2D eigenvalue weighted by atomic mass is 9.83. The first-order chi connectivity index (χ1) is 12.7. The molecule has 6 heteroatoms. The lowest BCUT2D eigenvalue weighted by Crippen LogP contribution is -2.56. The zero-order chi connectivity index (χ0) is 20.2. The third-order valence-electron chi connectivity index (χ3n) is 5.80. The number of aryl methyl sites for hydroxylation is 1. The van der Waals surface area contributed by atoms with Gasteiger partial charge >= 0.3 is 0 Å². The van der Waals surface area contributed by atoms with E-state index < -0.39 is 27.8 Å². The van der Waals surface area contributed by atoms with Gasteiger partial charge in [0.2, 0.25) is 5.78 Å². The average Bonchev–Trinajstić information content (AvgIpc) is 3.07. The number of benzene rings is 1. The molecule has 0 radical (unpaired) electrons. The molecule has 148 valence electrons. The van der Waals surface area contributed by atoms with Crippen LogP contribution in [-0.2, 0) is 33.4 Å². The van der Waals surface area contributed by atoms with Gasteiger partial charge in [-0.15, -0.1) is 0 Å². The molecule has 2 rings (SSSR count). The first-order valence-corrected chi connectivity index (χ1v) is 10.3. The smallest absolute Gasteiger partial charge is 0.291 e. The van der Waals surface area contributed by atoms with Crippen molar-refractivity contribution in [1.29, 1.82) is 0 Å². The number of likely N-dealkylation sites (tertiary alicyclic amines) is 1. The molecule has 1 heterocycles. The Bertz CT molecular complexity index is 734. The van der Waals surface area contributed by atoms with Crippen LogP contribution in [0.4, 0.5) is 0 Å². The van der Waals surface area contributed by atoms with Crippen molar-refractivity contribution in [3.05, 3.63) is 34.9 Å². The Morgan fingerprint density at radius 2 is 1.93 bits per heavy atom. The van der Waals surface area contributed by atoms with Crippen LogP contribution in [0.25, 0.3) is 0 Å². The lowest BCUT2D eigenvalue weighted by Gasteiger charge is -2.41. The Morgan fingerprint density at radius 1 is 1.26 bits per heavy atom. The number of ketones is 1. The van der Waals surface area contributed by atoms with Gasteiger partial charge in [-0.25, -0.2) is 0 Å².